The third-order valence-electron chi connectivity index (χ3n) is 2.97. The van der Waals surface area contributed by atoms with Crippen molar-refractivity contribution in [1.82, 2.24) is 5.32 Å². The molecule has 1 unspecified atom stereocenters. The van der Waals surface area contributed by atoms with Crippen molar-refractivity contribution in [2.24, 2.45) is 0 Å². The molecule has 0 radical (unpaired) electrons. The van der Waals surface area contributed by atoms with E-state index in [0.717, 1.165) is 0 Å². The Morgan fingerprint density at radius 3 is 2.68 bits per heavy atom. The molecular formula is C13H20FNO3S. The van der Waals surface area contributed by atoms with Crippen LogP contribution in [-0.4, -0.2) is 33.6 Å². The van der Waals surface area contributed by atoms with Crippen LogP contribution in [0.3, 0.4) is 0 Å². The van der Waals surface area contributed by atoms with Crippen molar-refractivity contribution in [3.63, 3.8) is 0 Å². The normalized spacial score (nSPS) is 13.3. The molecule has 1 N–H and O–H groups in total. The SMILES string of the molecule is CCS(=O)(=O)CCNC(C)c1c(F)cccc1OC. The molecule has 19 heavy (non-hydrogen) atoms. The summed E-state index contributed by atoms with van der Waals surface area (Å²) in [5.74, 6) is 0.257. The zero-order valence-electron chi connectivity index (χ0n) is 11.4. The second-order valence-corrected chi connectivity index (χ2v) is 6.74. The molecule has 0 aliphatic rings. The molecule has 0 fully saturated rings. The summed E-state index contributed by atoms with van der Waals surface area (Å²) < 4.78 is 41.6. The van der Waals surface area contributed by atoms with Crippen molar-refractivity contribution >= 4 is 9.84 Å². The van der Waals surface area contributed by atoms with E-state index in [-0.39, 0.29) is 29.9 Å². The molecule has 1 aromatic rings. The summed E-state index contributed by atoms with van der Waals surface area (Å²) in [4.78, 5) is 0. The first-order valence-corrected chi connectivity index (χ1v) is 7.99. The van der Waals surface area contributed by atoms with E-state index in [0.29, 0.717) is 11.3 Å². The monoisotopic (exact) mass is 289 g/mol. The number of sulfone groups is 1. The Bertz CT molecular complexity index is 517. The van der Waals surface area contributed by atoms with Crippen molar-refractivity contribution < 1.29 is 17.5 Å². The molecule has 0 saturated carbocycles. The molecule has 0 aromatic heterocycles. The molecule has 0 aliphatic heterocycles. The average Bonchev–Trinajstić information content (AvgIpc) is 2.37. The number of methoxy groups -OCH3 is 1. The van der Waals surface area contributed by atoms with E-state index in [9.17, 15) is 12.8 Å². The summed E-state index contributed by atoms with van der Waals surface area (Å²) in [5.41, 5.74) is 0.416. The van der Waals surface area contributed by atoms with Gasteiger partial charge in [0.1, 0.15) is 11.6 Å². The molecule has 1 atom stereocenters. The highest BCUT2D eigenvalue weighted by molar-refractivity contribution is 7.91. The minimum Gasteiger partial charge on any atom is -0.496 e. The zero-order chi connectivity index (χ0) is 14.5. The van der Waals surface area contributed by atoms with Gasteiger partial charge in [-0.1, -0.05) is 13.0 Å². The van der Waals surface area contributed by atoms with Crippen molar-refractivity contribution in [3.05, 3.63) is 29.6 Å². The average molecular weight is 289 g/mol. The van der Waals surface area contributed by atoms with Crippen LogP contribution < -0.4 is 10.1 Å². The van der Waals surface area contributed by atoms with Gasteiger partial charge >= 0.3 is 0 Å². The lowest BCUT2D eigenvalue weighted by Gasteiger charge is -2.17. The summed E-state index contributed by atoms with van der Waals surface area (Å²) in [6.45, 7) is 3.67. The van der Waals surface area contributed by atoms with Crippen LogP contribution in [0.5, 0.6) is 5.75 Å². The Morgan fingerprint density at radius 2 is 2.11 bits per heavy atom. The maximum absolute atomic E-state index is 13.8. The van der Waals surface area contributed by atoms with Crippen LogP contribution in [0, 0.1) is 5.82 Å². The van der Waals surface area contributed by atoms with E-state index in [4.69, 9.17) is 4.74 Å². The van der Waals surface area contributed by atoms with Gasteiger partial charge in [0.05, 0.1) is 12.9 Å². The summed E-state index contributed by atoms with van der Waals surface area (Å²) in [6.07, 6.45) is 0. The molecule has 0 bridgehead atoms. The Labute approximate surface area is 113 Å². The summed E-state index contributed by atoms with van der Waals surface area (Å²) >= 11 is 0. The van der Waals surface area contributed by atoms with Crippen molar-refractivity contribution in [3.8, 4) is 5.75 Å². The number of hydrogen-bond donors (Lipinski definition) is 1. The van der Waals surface area contributed by atoms with Crippen LogP contribution >= 0.6 is 0 Å². The fourth-order valence-electron chi connectivity index (χ4n) is 1.79. The van der Waals surface area contributed by atoms with Crippen molar-refractivity contribution in [1.29, 1.82) is 0 Å². The van der Waals surface area contributed by atoms with Gasteiger partial charge in [0.15, 0.2) is 9.84 Å². The third-order valence-corrected chi connectivity index (χ3v) is 4.68. The molecule has 0 amide bonds. The van der Waals surface area contributed by atoms with Crippen molar-refractivity contribution in [2.45, 2.75) is 19.9 Å². The van der Waals surface area contributed by atoms with E-state index in [1.165, 1.54) is 13.2 Å². The molecule has 108 valence electrons. The molecule has 6 heteroatoms. The van der Waals surface area contributed by atoms with E-state index < -0.39 is 9.84 Å². The van der Waals surface area contributed by atoms with Gasteiger partial charge in [-0.3, -0.25) is 0 Å². The molecule has 0 spiro atoms. The highest BCUT2D eigenvalue weighted by Gasteiger charge is 2.16. The number of benzene rings is 1. The molecule has 0 heterocycles. The standard InChI is InChI=1S/C13H20FNO3S/c1-4-19(16,17)9-8-15-10(2)13-11(14)6-5-7-12(13)18-3/h5-7,10,15H,4,8-9H2,1-3H3. The Hall–Kier alpha value is -1.14. The minimum absolute atomic E-state index is 0.0462. The quantitative estimate of drug-likeness (QED) is 0.833. The second kappa shape index (κ2) is 6.86. The first kappa shape index (κ1) is 15.9. The first-order chi connectivity index (χ1) is 8.91. The summed E-state index contributed by atoms with van der Waals surface area (Å²) in [5, 5.41) is 3.01. The predicted molar refractivity (Wildman–Crippen MR) is 73.7 cm³/mol. The van der Waals surface area contributed by atoms with Gasteiger partial charge in [0.25, 0.3) is 0 Å². The number of hydrogen-bond acceptors (Lipinski definition) is 4. The van der Waals surface area contributed by atoms with Crippen LogP contribution in [0.25, 0.3) is 0 Å². The van der Waals surface area contributed by atoms with Crippen LogP contribution in [0.1, 0.15) is 25.5 Å². The van der Waals surface area contributed by atoms with Gasteiger partial charge < -0.3 is 10.1 Å². The minimum atomic E-state index is -3.01. The molecular weight excluding hydrogens is 269 g/mol. The first-order valence-electron chi connectivity index (χ1n) is 6.17. The number of nitrogens with one attached hydrogen (secondary N) is 1. The Morgan fingerprint density at radius 1 is 1.42 bits per heavy atom. The Kier molecular flexibility index (Phi) is 5.75. The third kappa shape index (κ3) is 4.47. The molecule has 0 saturated heterocycles. The van der Waals surface area contributed by atoms with Gasteiger partial charge in [0.2, 0.25) is 0 Å². The molecule has 4 nitrogen and oxygen atoms in total. The van der Waals surface area contributed by atoms with Crippen molar-refractivity contribution in [2.75, 3.05) is 25.2 Å². The molecule has 1 aromatic carbocycles. The predicted octanol–water partition coefficient (Wildman–Crippen LogP) is 1.92. The Balaban J connectivity index is 2.71. The summed E-state index contributed by atoms with van der Waals surface area (Å²) in [6, 6.07) is 4.30. The highest BCUT2D eigenvalue weighted by atomic mass is 32.2. The fraction of sp³-hybridized carbons (Fsp3) is 0.538. The van der Waals surface area contributed by atoms with E-state index in [2.05, 4.69) is 5.32 Å². The van der Waals surface area contributed by atoms with E-state index in [1.54, 1.807) is 26.0 Å². The number of ether oxygens (including phenoxy) is 1. The van der Waals surface area contributed by atoms with E-state index in [1.807, 2.05) is 0 Å². The molecule has 0 aliphatic carbocycles. The van der Waals surface area contributed by atoms with Crippen LogP contribution in [0.2, 0.25) is 0 Å². The highest BCUT2D eigenvalue weighted by Crippen LogP contribution is 2.27. The largest absolute Gasteiger partial charge is 0.496 e. The van der Waals surface area contributed by atoms with Crippen LogP contribution in [0.4, 0.5) is 4.39 Å². The molecule has 1 rings (SSSR count). The fourth-order valence-corrected chi connectivity index (χ4v) is 2.51. The smallest absolute Gasteiger partial charge is 0.151 e. The number of rotatable bonds is 7. The maximum Gasteiger partial charge on any atom is 0.151 e. The van der Waals surface area contributed by atoms with Gasteiger partial charge in [-0.25, -0.2) is 12.8 Å². The van der Waals surface area contributed by atoms with E-state index >= 15 is 0 Å². The lowest BCUT2D eigenvalue weighted by molar-refractivity contribution is 0.395. The zero-order valence-corrected chi connectivity index (χ0v) is 12.3. The van der Waals surface area contributed by atoms with Crippen LogP contribution in [0.15, 0.2) is 18.2 Å². The lowest BCUT2D eigenvalue weighted by Crippen LogP contribution is -2.27. The van der Waals surface area contributed by atoms with Gasteiger partial charge in [-0.2, -0.15) is 0 Å². The second-order valence-electron chi connectivity index (χ2n) is 4.27. The van der Waals surface area contributed by atoms with Crippen LogP contribution in [-0.2, 0) is 9.84 Å². The van der Waals surface area contributed by atoms with Gasteiger partial charge in [0, 0.05) is 23.9 Å². The number of halogens is 1. The topological polar surface area (TPSA) is 55.4 Å². The maximum atomic E-state index is 13.8. The summed E-state index contributed by atoms with van der Waals surface area (Å²) in [7, 11) is -1.53. The van der Waals surface area contributed by atoms with Gasteiger partial charge in [-0.05, 0) is 19.1 Å². The lowest BCUT2D eigenvalue weighted by atomic mass is 10.1. The van der Waals surface area contributed by atoms with Gasteiger partial charge in [-0.15, -0.1) is 0 Å².